The highest BCUT2D eigenvalue weighted by atomic mass is 35.5. The molecule has 0 spiro atoms. The van der Waals surface area contributed by atoms with Crippen molar-refractivity contribution in [2.75, 3.05) is 17.3 Å². The summed E-state index contributed by atoms with van der Waals surface area (Å²) in [4.78, 5) is 51.0. The average Bonchev–Trinajstić information content (AvgIpc) is 2.90. The Labute approximate surface area is 252 Å². The van der Waals surface area contributed by atoms with E-state index in [0.29, 0.717) is 32.0 Å². The normalized spacial score (nSPS) is 19.1. The molecule has 4 rings (SSSR count). The van der Waals surface area contributed by atoms with Crippen LogP contribution in [0.5, 0.6) is 0 Å². The van der Waals surface area contributed by atoms with Crippen LogP contribution in [0, 0.1) is 0 Å². The largest absolute Gasteiger partial charge is 0.481 e. The van der Waals surface area contributed by atoms with Gasteiger partial charge in [0.1, 0.15) is 23.2 Å². The number of benzene rings is 1. The summed E-state index contributed by atoms with van der Waals surface area (Å²) in [5, 5.41) is 31.6. The first-order chi connectivity index (χ1) is 19.0. The van der Waals surface area contributed by atoms with Crippen LogP contribution in [-0.2, 0) is 25.7 Å². The van der Waals surface area contributed by atoms with E-state index >= 15 is 0 Å². The number of thioether (sulfide) groups is 3. The molecule has 40 heavy (non-hydrogen) atoms. The minimum Gasteiger partial charge on any atom is -0.481 e. The summed E-state index contributed by atoms with van der Waals surface area (Å²) in [5.74, 6) is -2.40. The predicted molar refractivity (Wildman–Crippen MR) is 152 cm³/mol. The number of carbonyl (C=O) groups excluding carboxylic acids is 2. The van der Waals surface area contributed by atoms with Gasteiger partial charge in [0.25, 0.3) is 5.91 Å². The Hall–Kier alpha value is -2.42. The van der Waals surface area contributed by atoms with Gasteiger partial charge in [-0.3, -0.25) is 19.3 Å². The van der Waals surface area contributed by atoms with Crippen LogP contribution in [0.2, 0.25) is 10.0 Å². The molecule has 2 aliphatic rings. The average molecular weight is 646 g/mol. The standard InChI is InChI=1S/C25H23Cl2N3O7S3/c26-14-1-2-17(27)18(7-14)39-12-19(32)28-21-23(35)30-22(25(36)37)13(11-40-24(21)30)10-38-16-3-5-29(6-4-16)9-15(31)8-20(33)34/h1-7,15,21,24,31H,8-12H2,(H2-,28,32,33,34,36,37)/p+1/t15?,21-,24+/m0/s1. The van der Waals surface area contributed by atoms with Crippen molar-refractivity contribution in [1.29, 1.82) is 0 Å². The van der Waals surface area contributed by atoms with Gasteiger partial charge in [0.05, 0.1) is 17.2 Å². The SMILES string of the molecule is O=C(O)CC(O)C[n+]1ccc(SCC2=C(C(=O)O)N3C(=O)[C@H](NC(=O)CSc4cc(Cl)ccc4Cl)[C@H]3SC2)cc1. The molecule has 1 fully saturated rings. The number of carbonyl (C=O) groups is 4. The first-order valence-corrected chi connectivity index (χ1v) is 15.6. The van der Waals surface area contributed by atoms with Gasteiger partial charge >= 0.3 is 11.9 Å². The molecule has 212 valence electrons. The van der Waals surface area contributed by atoms with Crippen molar-refractivity contribution >= 4 is 82.2 Å². The van der Waals surface area contributed by atoms with Crippen LogP contribution < -0.4 is 9.88 Å². The summed E-state index contributed by atoms with van der Waals surface area (Å²) in [6.07, 6.45) is 2.04. The maximum atomic E-state index is 12.9. The zero-order valence-corrected chi connectivity index (χ0v) is 24.6. The third-order valence-corrected chi connectivity index (χ3v) is 10.1. The molecule has 1 saturated heterocycles. The van der Waals surface area contributed by atoms with E-state index in [1.165, 1.54) is 40.2 Å². The number of aliphatic hydroxyl groups excluding tert-OH is 1. The molecular weight excluding hydrogens is 621 g/mol. The number of fused-ring (bicyclic) bond motifs is 1. The van der Waals surface area contributed by atoms with Crippen molar-refractivity contribution in [2.45, 2.75) is 40.3 Å². The maximum absolute atomic E-state index is 12.9. The van der Waals surface area contributed by atoms with E-state index in [4.69, 9.17) is 28.3 Å². The molecule has 15 heteroatoms. The van der Waals surface area contributed by atoms with Gasteiger partial charge in [-0.2, -0.15) is 0 Å². The molecule has 0 radical (unpaired) electrons. The van der Waals surface area contributed by atoms with Gasteiger partial charge in [-0.25, -0.2) is 9.36 Å². The lowest BCUT2D eigenvalue weighted by molar-refractivity contribution is -0.703. The molecule has 1 aromatic heterocycles. The lowest BCUT2D eigenvalue weighted by Gasteiger charge is -2.49. The number of carboxylic acids is 2. The number of β-lactam (4-membered cyclic amide) rings is 1. The number of aliphatic carboxylic acids is 2. The van der Waals surface area contributed by atoms with Gasteiger partial charge in [-0.15, -0.1) is 35.3 Å². The third-order valence-electron chi connectivity index (χ3n) is 5.92. The number of aromatic nitrogens is 1. The molecule has 1 aromatic carbocycles. The minimum absolute atomic E-state index is 0.0142. The highest BCUT2D eigenvalue weighted by Gasteiger charge is 2.54. The fourth-order valence-corrected chi connectivity index (χ4v) is 7.76. The molecular formula is C25H24Cl2N3O7S3+. The minimum atomic E-state index is -1.21. The molecule has 1 unspecified atom stereocenters. The van der Waals surface area contributed by atoms with E-state index in [2.05, 4.69) is 5.32 Å². The molecule has 2 amide bonds. The van der Waals surface area contributed by atoms with E-state index in [-0.39, 0.29) is 30.3 Å². The van der Waals surface area contributed by atoms with Crippen LogP contribution in [0.25, 0.3) is 0 Å². The van der Waals surface area contributed by atoms with Crippen molar-refractivity contribution < 1.29 is 39.1 Å². The van der Waals surface area contributed by atoms with Gasteiger partial charge < -0.3 is 20.6 Å². The van der Waals surface area contributed by atoms with Crippen LogP contribution >= 0.6 is 58.5 Å². The Morgan fingerprint density at radius 3 is 2.55 bits per heavy atom. The monoisotopic (exact) mass is 644 g/mol. The van der Waals surface area contributed by atoms with Crippen LogP contribution in [0.15, 0.2) is 63.8 Å². The second-order valence-electron chi connectivity index (χ2n) is 8.85. The van der Waals surface area contributed by atoms with Crippen LogP contribution in [0.1, 0.15) is 6.42 Å². The fraction of sp³-hybridized carbons (Fsp3) is 0.320. The molecule has 4 N–H and O–H groups in total. The van der Waals surface area contributed by atoms with Crippen LogP contribution in [0.4, 0.5) is 0 Å². The van der Waals surface area contributed by atoms with Crippen molar-refractivity contribution in [2.24, 2.45) is 0 Å². The van der Waals surface area contributed by atoms with Gasteiger partial charge in [0.15, 0.2) is 18.9 Å². The maximum Gasteiger partial charge on any atom is 0.352 e. The number of halogens is 2. The number of hydrogen-bond donors (Lipinski definition) is 4. The molecule has 2 aromatic rings. The van der Waals surface area contributed by atoms with Crippen molar-refractivity contribution in [3.8, 4) is 0 Å². The lowest BCUT2D eigenvalue weighted by Crippen LogP contribution is -2.70. The van der Waals surface area contributed by atoms with Gasteiger partial charge in [-0.1, -0.05) is 23.2 Å². The summed E-state index contributed by atoms with van der Waals surface area (Å²) in [6, 6.07) is 7.68. The molecule has 0 bridgehead atoms. The van der Waals surface area contributed by atoms with Crippen LogP contribution in [0.3, 0.4) is 0 Å². The first kappa shape index (κ1) is 30.5. The van der Waals surface area contributed by atoms with E-state index in [9.17, 15) is 29.4 Å². The Bertz CT molecular complexity index is 1360. The summed E-state index contributed by atoms with van der Waals surface area (Å²) < 4.78 is 1.66. The quantitative estimate of drug-likeness (QED) is 0.154. The summed E-state index contributed by atoms with van der Waals surface area (Å²) in [7, 11) is 0. The lowest BCUT2D eigenvalue weighted by atomic mass is 10.0. The fourth-order valence-electron chi connectivity index (χ4n) is 4.08. The summed E-state index contributed by atoms with van der Waals surface area (Å²) >= 11 is 16.1. The number of rotatable bonds is 12. The zero-order valence-electron chi connectivity index (χ0n) is 20.7. The summed E-state index contributed by atoms with van der Waals surface area (Å²) in [6.45, 7) is 0.130. The number of hydrogen-bond acceptors (Lipinski definition) is 8. The van der Waals surface area contributed by atoms with E-state index in [1.54, 1.807) is 47.3 Å². The summed E-state index contributed by atoms with van der Waals surface area (Å²) in [5.41, 5.74) is 0.534. The number of aliphatic hydroxyl groups is 1. The third kappa shape index (κ3) is 7.45. The Morgan fingerprint density at radius 2 is 1.88 bits per heavy atom. The highest BCUT2D eigenvalue weighted by molar-refractivity contribution is 8.01. The Balaban J connectivity index is 1.34. The first-order valence-electron chi connectivity index (χ1n) is 11.8. The molecule has 10 nitrogen and oxygen atoms in total. The van der Waals surface area contributed by atoms with Gasteiger partial charge in [-0.05, 0) is 23.8 Å². The smallest absolute Gasteiger partial charge is 0.352 e. The van der Waals surface area contributed by atoms with E-state index < -0.39 is 35.4 Å². The Morgan fingerprint density at radius 1 is 1.15 bits per heavy atom. The zero-order chi connectivity index (χ0) is 29.0. The number of nitrogens with one attached hydrogen (secondary N) is 1. The van der Waals surface area contributed by atoms with Gasteiger partial charge in [0, 0.05) is 38.5 Å². The molecule has 0 saturated carbocycles. The van der Waals surface area contributed by atoms with Gasteiger partial charge in [0.2, 0.25) is 5.91 Å². The number of pyridine rings is 1. The van der Waals surface area contributed by atoms with Crippen molar-refractivity contribution in [1.82, 2.24) is 10.2 Å². The van der Waals surface area contributed by atoms with Crippen molar-refractivity contribution in [3.63, 3.8) is 0 Å². The molecule has 0 aliphatic carbocycles. The van der Waals surface area contributed by atoms with Crippen LogP contribution in [-0.4, -0.2) is 78.8 Å². The number of nitrogens with zero attached hydrogens (tertiary/aromatic N) is 2. The topological polar surface area (TPSA) is 148 Å². The molecule has 2 aliphatic heterocycles. The molecule has 3 heterocycles. The molecule has 3 atom stereocenters. The van der Waals surface area contributed by atoms with E-state index in [0.717, 1.165) is 4.90 Å². The second kappa shape index (κ2) is 13.5. The number of amides is 2. The highest BCUT2D eigenvalue weighted by Crippen LogP contribution is 2.41. The second-order valence-corrected chi connectivity index (χ2v) is 12.9. The number of carboxylic acid groups (broad SMARTS) is 2. The van der Waals surface area contributed by atoms with E-state index in [1.807, 2.05) is 0 Å². The predicted octanol–water partition coefficient (Wildman–Crippen LogP) is 2.74. The van der Waals surface area contributed by atoms with Crippen molar-refractivity contribution in [3.05, 3.63) is 64.0 Å². The Kier molecular flexibility index (Phi) is 10.3.